The van der Waals surface area contributed by atoms with Gasteiger partial charge in [0.1, 0.15) is 17.3 Å². The molecule has 7 nitrogen and oxygen atoms in total. The van der Waals surface area contributed by atoms with E-state index in [1.54, 1.807) is 24.3 Å². The van der Waals surface area contributed by atoms with E-state index in [1.807, 2.05) is 12.1 Å². The van der Waals surface area contributed by atoms with Crippen LogP contribution in [0, 0.1) is 21.4 Å². The highest BCUT2D eigenvalue weighted by atomic mass is 16.6. The predicted octanol–water partition coefficient (Wildman–Crippen LogP) is 4.40. The maximum Gasteiger partial charge on any atom is 0.292 e. The molecule has 0 aromatic heterocycles. The van der Waals surface area contributed by atoms with E-state index < -0.39 is 10.8 Å². The maximum absolute atomic E-state index is 12.3. The summed E-state index contributed by atoms with van der Waals surface area (Å²) in [5.41, 5.74) is 1.62. The lowest BCUT2D eigenvalue weighted by atomic mass is 10.1. The van der Waals surface area contributed by atoms with Crippen molar-refractivity contribution in [3.8, 4) is 6.07 Å². The van der Waals surface area contributed by atoms with Crippen LogP contribution in [0.1, 0.15) is 25.3 Å². The molecular weight excluding hydrogens is 344 g/mol. The number of carbonyl (C=O) groups is 1. The molecule has 0 unspecified atom stereocenters. The number of anilines is 2. The molecule has 2 aromatic carbocycles. The third kappa shape index (κ3) is 5.68. The van der Waals surface area contributed by atoms with Gasteiger partial charge in [0, 0.05) is 18.0 Å². The lowest BCUT2D eigenvalue weighted by molar-refractivity contribution is -0.383. The summed E-state index contributed by atoms with van der Waals surface area (Å²) in [6, 6.07) is 15.2. The fourth-order valence-corrected chi connectivity index (χ4v) is 2.39. The number of nitro groups is 1. The number of carbonyl (C=O) groups excluding carboxylic acids is 1. The van der Waals surface area contributed by atoms with Gasteiger partial charge >= 0.3 is 0 Å². The Morgan fingerprint density at radius 1 is 1.22 bits per heavy atom. The second-order valence-electron chi connectivity index (χ2n) is 5.84. The van der Waals surface area contributed by atoms with Crippen LogP contribution in [0.15, 0.2) is 60.3 Å². The number of nitrogens with zero attached hydrogens (tertiary/aromatic N) is 2. The number of para-hydroxylation sites is 2. The molecule has 0 aliphatic rings. The predicted molar refractivity (Wildman–Crippen MR) is 104 cm³/mol. The van der Waals surface area contributed by atoms with Crippen LogP contribution in [0.25, 0.3) is 0 Å². The summed E-state index contributed by atoms with van der Waals surface area (Å²) >= 11 is 0. The number of nitrogens with one attached hydrogen (secondary N) is 2. The highest BCUT2D eigenvalue weighted by Crippen LogP contribution is 2.23. The highest BCUT2D eigenvalue weighted by Gasteiger charge is 2.13. The highest BCUT2D eigenvalue weighted by molar-refractivity contribution is 6.06. The summed E-state index contributed by atoms with van der Waals surface area (Å²) in [6.07, 6.45) is 4.35. The fourth-order valence-electron chi connectivity index (χ4n) is 2.39. The molecule has 27 heavy (non-hydrogen) atoms. The molecule has 0 radical (unpaired) electrons. The van der Waals surface area contributed by atoms with E-state index in [2.05, 4.69) is 17.6 Å². The number of benzene rings is 2. The van der Waals surface area contributed by atoms with Gasteiger partial charge in [0.15, 0.2) is 0 Å². The first-order chi connectivity index (χ1) is 13.0. The average Bonchev–Trinajstić information content (AvgIpc) is 2.68. The smallest absolute Gasteiger partial charge is 0.292 e. The summed E-state index contributed by atoms with van der Waals surface area (Å²) in [5, 5.41) is 25.5. The van der Waals surface area contributed by atoms with Gasteiger partial charge in [-0.3, -0.25) is 14.9 Å². The lowest BCUT2D eigenvalue weighted by Crippen LogP contribution is -2.14. The van der Waals surface area contributed by atoms with Crippen LogP contribution < -0.4 is 10.6 Å². The zero-order valence-corrected chi connectivity index (χ0v) is 14.9. The van der Waals surface area contributed by atoms with Gasteiger partial charge in [0.05, 0.1) is 4.92 Å². The quantitative estimate of drug-likeness (QED) is 0.312. The Kier molecular flexibility index (Phi) is 7.08. The molecule has 0 aliphatic carbocycles. The topological polar surface area (TPSA) is 108 Å². The fraction of sp³-hybridized carbons (Fsp3) is 0.200. The summed E-state index contributed by atoms with van der Waals surface area (Å²) < 4.78 is 0. The molecule has 2 aromatic rings. The van der Waals surface area contributed by atoms with E-state index in [0.717, 1.165) is 25.5 Å². The van der Waals surface area contributed by atoms with E-state index in [1.165, 1.54) is 23.8 Å². The molecule has 0 aliphatic heterocycles. The molecule has 2 rings (SSSR count). The van der Waals surface area contributed by atoms with Crippen molar-refractivity contribution in [2.75, 3.05) is 10.6 Å². The van der Waals surface area contributed by atoms with E-state index in [-0.39, 0.29) is 16.9 Å². The number of amides is 1. The number of hydrogen-bond donors (Lipinski definition) is 2. The van der Waals surface area contributed by atoms with Gasteiger partial charge < -0.3 is 10.6 Å². The molecule has 0 spiro atoms. The molecular formula is C20H20N4O3. The lowest BCUT2D eigenvalue weighted by Gasteiger charge is -2.07. The molecule has 2 N–H and O–H groups in total. The Bertz CT molecular complexity index is 883. The third-order valence-corrected chi connectivity index (χ3v) is 3.87. The Balaban J connectivity index is 2.06. The minimum Gasteiger partial charge on any atom is -0.355 e. The van der Waals surface area contributed by atoms with E-state index >= 15 is 0 Å². The molecule has 0 bridgehead atoms. The van der Waals surface area contributed by atoms with Gasteiger partial charge in [0.25, 0.3) is 11.6 Å². The standard InChI is InChI=1S/C20H20N4O3/c1-2-3-6-15-9-11-17(12-10-15)23-20(25)16(13-21)14-22-18-7-4-5-8-19(18)24(26)27/h4-5,7-12,14,22H,2-3,6H2,1H3,(H,23,25)/b16-14-. The van der Waals surface area contributed by atoms with Crippen LogP contribution >= 0.6 is 0 Å². The summed E-state index contributed by atoms with van der Waals surface area (Å²) in [4.78, 5) is 22.7. The average molecular weight is 364 g/mol. The van der Waals surface area contributed by atoms with Gasteiger partial charge in [-0.15, -0.1) is 0 Å². The van der Waals surface area contributed by atoms with Crippen molar-refractivity contribution >= 4 is 23.0 Å². The van der Waals surface area contributed by atoms with Crippen molar-refractivity contribution in [2.24, 2.45) is 0 Å². The van der Waals surface area contributed by atoms with Crippen LogP contribution in [-0.2, 0) is 11.2 Å². The molecule has 0 heterocycles. The van der Waals surface area contributed by atoms with Crippen LogP contribution in [0.3, 0.4) is 0 Å². The first-order valence-electron chi connectivity index (χ1n) is 8.55. The molecule has 0 fully saturated rings. The van der Waals surface area contributed by atoms with E-state index in [9.17, 15) is 20.2 Å². The van der Waals surface area contributed by atoms with Crippen molar-refractivity contribution in [1.29, 1.82) is 5.26 Å². The van der Waals surface area contributed by atoms with Crippen molar-refractivity contribution in [3.63, 3.8) is 0 Å². The van der Waals surface area contributed by atoms with E-state index in [4.69, 9.17) is 0 Å². The molecule has 0 atom stereocenters. The SMILES string of the molecule is CCCCc1ccc(NC(=O)/C(C#N)=C\Nc2ccccc2[N+](=O)[O-])cc1. The third-order valence-electron chi connectivity index (χ3n) is 3.87. The van der Waals surface area contributed by atoms with Gasteiger partial charge in [-0.2, -0.15) is 5.26 Å². The number of hydrogen-bond acceptors (Lipinski definition) is 5. The first kappa shape index (κ1) is 19.7. The number of unbranched alkanes of at least 4 members (excludes halogenated alkanes) is 1. The first-order valence-corrected chi connectivity index (χ1v) is 8.55. The normalized spacial score (nSPS) is 10.7. The van der Waals surface area contributed by atoms with Crippen molar-refractivity contribution < 1.29 is 9.72 Å². The van der Waals surface area contributed by atoms with Crippen LogP contribution in [0.4, 0.5) is 17.1 Å². The molecule has 7 heteroatoms. The minimum atomic E-state index is -0.593. The van der Waals surface area contributed by atoms with Gasteiger partial charge in [0.2, 0.25) is 0 Å². The largest absolute Gasteiger partial charge is 0.355 e. The molecule has 0 saturated heterocycles. The summed E-state index contributed by atoms with van der Waals surface area (Å²) in [6.45, 7) is 2.13. The van der Waals surface area contributed by atoms with Crippen LogP contribution in [0.2, 0.25) is 0 Å². The number of nitriles is 1. The Morgan fingerprint density at radius 2 is 1.93 bits per heavy atom. The minimum absolute atomic E-state index is 0.144. The Morgan fingerprint density at radius 3 is 2.56 bits per heavy atom. The summed E-state index contributed by atoms with van der Waals surface area (Å²) in [7, 11) is 0. The summed E-state index contributed by atoms with van der Waals surface area (Å²) in [5.74, 6) is -0.593. The maximum atomic E-state index is 12.3. The monoisotopic (exact) mass is 364 g/mol. The van der Waals surface area contributed by atoms with Crippen molar-refractivity contribution in [3.05, 3.63) is 76.0 Å². The number of rotatable bonds is 8. The van der Waals surface area contributed by atoms with Crippen molar-refractivity contribution in [2.45, 2.75) is 26.2 Å². The zero-order chi connectivity index (χ0) is 19.6. The molecule has 0 saturated carbocycles. The van der Waals surface area contributed by atoms with E-state index in [0.29, 0.717) is 5.69 Å². The van der Waals surface area contributed by atoms with Crippen LogP contribution in [0.5, 0.6) is 0 Å². The van der Waals surface area contributed by atoms with Crippen LogP contribution in [-0.4, -0.2) is 10.8 Å². The Labute approximate surface area is 157 Å². The second-order valence-corrected chi connectivity index (χ2v) is 5.84. The van der Waals surface area contributed by atoms with Gasteiger partial charge in [-0.1, -0.05) is 37.6 Å². The zero-order valence-electron chi connectivity index (χ0n) is 14.9. The number of nitro benzene ring substituents is 1. The second kappa shape index (κ2) is 9.73. The Hall–Kier alpha value is -3.66. The van der Waals surface area contributed by atoms with Crippen molar-refractivity contribution in [1.82, 2.24) is 0 Å². The molecule has 138 valence electrons. The van der Waals surface area contributed by atoms with Gasteiger partial charge in [-0.25, -0.2) is 0 Å². The number of aryl methyl sites for hydroxylation is 1. The molecule has 1 amide bonds. The van der Waals surface area contributed by atoms with Gasteiger partial charge in [-0.05, 0) is 36.6 Å².